The van der Waals surface area contributed by atoms with Gasteiger partial charge in [-0.1, -0.05) is 12.1 Å². The number of fused-ring (bicyclic) bond motifs is 2. The summed E-state index contributed by atoms with van der Waals surface area (Å²) in [5.74, 6) is 0. The minimum absolute atomic E-state index is 0.705. The van der Waals surface area contributed by atoms with Gasteiger partial charge in [-0.15, -0.1) is 10.2 Å². The molecule has 20 heavy (non-hydrogen) atoms. The Labute approximate surface area is 121 Å². The monoisotopic (exact) mass is 298 g/mol. The zero-order valence-corrected chi connectivity index (χ0v) is 11.6. The van der Waals surface area contributed by atoms with Crippen molar-refractivity contribution >= 4 is 56.9 Å². The first-order chi connectivity index (χ1) is 9.92. The van der Waals surface area contributed by atoms with E-state index in [1.165, 1.54) is 23.5 Å². The lowest BCUT2D eigenvalue weighted by Crippen LogP contribution is -1.72. The number of hydrogen-bond donors (Lipinski definition) is 0. The molecule has 0 unspecified atom stereocenters. The first-order valence-corrected chi connectivity index (χ1v) is 7.22. The van der Waals surface area contributed by atoms with Crippen LogP contribution < -0.4 is 0 Å². The zero-order valence-electron chi connectivity index (χ0n) is 9.96. The zero-order chi connectivity index (χ0) is 13.4. The lowest BCUT2D eigenvalue weighted by atomic mass is 10.3. The third kappa shape index (κ3) is 1.86. The molecule has 0 aliphatic carbocycles. The predicted octanol–water partition coefficient (Wildman–Crippen LogP) is 4.11. The molecule has 0 atom stereocenters. The van der Waals surface area contributed by atoms with Gasteiger partial charge in [0.25, 0.3) is 0 Å². The van der Waals surface area contributed by atoms with Crippen LogP contribution in [-0.4, -0.2) is 17.5 Å². The van der Waals surface area contributed by atoms with E-state index in [1.54, 1.807) is 0 Å². The first-order valence-electron chi connectivity index (χ1n) is 5.76. The summed E-state index contributed by atoms with van der Waals surface area (Å²) < 4.78 is 16.8. The first kappa shape index (κ1) is 11.5. The molecule has 0 aliphatic heterocycles. The molecule has 2 aromatic carbocycles. The summed E-state index contributed by atoms with van der Waals surface area (Å²) in [7, 11) is 0. The summed E-state index contributed by atoms with van der Waals surface area (Å²) in [5, 5.41) is 8.55. The second-order valence-electron chi connectivity index (χ2n) is 4.02. The van der Waals surface area contributed by atoms with E-state index in [0.29, 0.717) is 11.4 Å². The highest BCUT2D eigenvalue weighted by Gasteiger charge is 2.06. The number of aromatic nitrogens is 4. The number of rotatable bonds is 2. The van der Waals surface area contributed by atoms with E-state index in [2.05, 4.69) is 27.7 Å². The highest BCUT2D eigenvalue weighted by Crippen LogP contribution is 2.29. The third-order valence-corrected chi connectivity index (χ3v) is 3.88. The summed E-state index contributed by atoms with van der Waals surface area (Å²) >= 11 is 2.34. The normalized spacial score (nSPS) is 11.8. The lowest BCUT2D eigenvalue weighted by Gasteiger charge is -1.94. The van der Waals surface area contributed by atoms with Gasteiger partial charge in [-0.3, -0.25) is 0 Å². The molecule has 6 nitrogen and oxygen atoms in total. The van der Waals surface area contributed by atoms with Crippen LogP contribution in [0.4, 0.5) is 11.4 Å². The molecule has 0 amide bonds. The standard InChI is InChI=1S/C12H6N6S2/c1-3-7(11-9(5-1)15-19-17-11)13-14-8-4-2-6-10-12(8)18-20-16-10/h1-6H. The second-order valence-corrected chi connectivity index (χ2v) is 5.08. The average molecular weight is 298 g/mol. The molecule has 4 rings (SSSR count). The van der Waals surface area contributed by atoms with Gasteiger partial charge in [0.15, 0.2) is 0 Å². The molecule has 0 radical (unpaired) electrons. The Balaban J connectivity index is 1.82. The van der Waals surface area contributed by atoms with Crippen LogP contribution in [0.2, 0.25) is 0 Å². The Morgan fingerprint density at radius 2 is 1.15 bits per heavy atom. The van der Waals surface area contributed by atoms with Crippen molar-refractivity contribution < 1.29 is 0 Å². The van der Waals surface area contributed by atoms with Crippen molar-refractivity contribution in [3.05, 3.63) is 36.4 Å². The van der Waals surface area contributed by atoms with E-state index in [4.69, 9.17) is 0 Å². The number of azo groups is 1. The summed E-state index contributed by atoms with van der Waals surface area (Å²) in [6.07, 6.45) is 0. The Bertz CT molecular complexity index is 850. The van der Waals surface area contributed by atoms with E-state index in [1.807, 2.05) is 36.4 Å². The Kier molecular flexibility index (Phi) is 2.68. The maximum Gasteiger partial charge on any atom is 0.132 e. The largest absolute Gasteiger partial charge is 0.173 e. The number of benzene rings is 2. The van der Waals surface area contributed by atoms with E-state index >= 15 is 0 Å². The van der Waals surface area contributed by atoms with E-state index < -0.39 is 0 Å². The van der Waals surface area contributed by atoms with Crippen LogP contribution in [0.1, 0.15) is 0 Å². The predicted molar refractivity (Wildman–Crippen MR) is 79.0 cm³/mol. The molecule has 2 heterocycles. The molecule has 96 valence electrons. The minimum atomic E-state index is 0.705. The highest BCUT2D eigenvalue weighted by atomic mass is 32.1. The van der Waals surface area contributed by atoms with Gasteiger partial charge >= 0.3 is 0 Å². The van der Waals surface area contributed by atoms with Crippen LogP contribution in [0.15, 0.2) is 46.6 Å². The summed E-state index contributed by atoms with van der Waals surface area (Å²) in [4.78, 5) is 0. The molecular weight excluding hydrogens is 292 g/mol. The Hall–Kier alpha value is -2.32. The van der Waals surface area contributed by atoms with Crippen LogP contribution in [0, 0.1) is 0 Å². The molecule has 0 N–H and O–H groups in total. The summed E-state index contributed by atoms with van der Waals surface area (Å²) in [6, 6.07) is 11.3. The van der Waals surface area contributed by atoms with E-state index in [-0.39, 0.29) is 0 Å². The third-order valence-electron chi connectivity index (χ3n) is 2.79. The quantitative estimate of drug-likeness (QED) is 0.522. The van der Waals surface area contributed by atoms with Crippen molar-refractivity contribution in [2.75, 3.05) is 0 Å². The SMILES string of the molecule is c1cc(N=Nc2cccc3nsnc23)c2nsnc2c1. The van der Waals surface area contributed by atoms with Crippen molar-refractivity contribution in [3.8, 4) is 0 Å². The summed E-state index contributed by atoms with van der Waals surface area (Å²) in [5.41, 5.74) is 4.61. The van der Waals surface area contributed by atoms with Gasteiger partial charge in [-0.2, -0.15) is 17.5 Å². The lowest BCUT2D eigenvalue weighted by molar-refractivity contribution is 1.24. The molecule has 0 fully saturated rings. The van der Waals surface area contributed by atoms with Crippen molar-refractivity contribution in [1.29, 1.82) is 0 Å². The number of nitrogens with zero attached hydrogens (tertiary/aromatic N) is 6. The number of hydrogen-bond acceptors (Lipinski definition) is 8. The molecule has 8 heteroatoms. The fourth-order valence-corrected chi connectivity index (χ4v) is 2.94. The van der Waals surface area contributed by atoms with E-state index in [9.17, 15) is 0 Å². The van der Waals surface area contributed by atoms with Gasteiger partial charge in [-0.05, 0) is 24.3 Å². The molecule has 0 aliphatic rings. The maximum atomic E-state index is 4.27. The molecule has 0 saturated heterocycles. The van der Waals surface area contributed by atoms with Crippen LogP contribution in [0.3, 0.4) is 0 Å². The fourth-order valence-electron chi connectivity index (χ4n) is 1.85. The van der Waals surface area contributed by atoms with Crippen molar-refractivity contribution in [2.24, 2.45) is 10.2 Å². The summed E-state index contributed by atoms with van der Waals surface area (Å²) in [6.45, 7) is 0. The Morgan fingerprint density at radius 3 is 1.65 bits per heavy atom. The van der Waals surface area contributed by atoms with Crippen molar-refractivity contribution in [2.45, 2.75) is 0 Å². The minimum Gasteiger partial charge on any atom is -0.173 e. The molecule has 0 saturated carbocycles. The van der Waals surface area contributed by atoms with Gasteiger partial charge < -0.3 is 0 Å². The van der Waals surface area contributed by atoms with E-state index in [0.717, 1.165) is 22.1 Å². The van der Waals surface area contributed by atoms with Gasteiger partial charge in [0.05, 0.1) is 23.5 Å². The van der Waals surface area contributed by atoms with Gasteiger partial charge in [0.1, 0.15) is 33.4 Å². The average Bonchev–Trinajstić information content (AvgIpc) is 3.13. The van der Waals surface area contributed by atoms with Gasteiger partial charge in [0.2, 0.25) is 0 Å². The second kappa shape index (κ2) is 4.66. The fraction of sp³-hybridized carbons (Fsp3) is 0. The smallest absolute Gasteiger partial charge is 0.132 e. The maximum absolute atomic E-state index is 4.27. The van der Waals surface area contributed by atoms with Crippen molar-refractivity contribution in [3.63, 3.8) is 0 Å². The van der Waals surface area contributed by atoms with Crippen LogP contribution >= 0.6 is 23.5 Å². The molecule has 2 aromatic heterocycles. The van der Waals surface area contributed by atoms with Crippen molar-refractivity contribution in [1.82, 2.24) is 17.5 Å². The molecule has 0 bridgehead atoms. The molecular formula is C12H6N6S2. The molecule has 4 aromatic rings. The Morgan fingerprint density at radius 1 is 0.650 bits per heavy atom. The topological polar surface area (TPSA) is 76.3 Å². The molecule has 0 spiro atoms. The van der Waals surface area contributed by atoms with Gasteiger partial charge in [-0.25, -0.2) is 0 Å². The highest BCUT2D eigenvalue weighted by molar-refractivity contribution is 7.00. The van der Waals surface area contributed by atoms with Gasteiger partial charge in [0, 0.05) is 0 Å². The van der Waals surface area contributed by atoms with Crippen LogP contribution in [-0.2, 0) is 0 Å². The van der Waals surface area contributed by atoms with Crippen LogP contribution in [0.5, 0.6) is 0 Å². The van der Waals surface area contributed by atoms with Crippen LogP contribution in [0.25, 0.3) is 22.1 Å².